The van der Waals surface area contributed by atoms with Crippen LogP contribution in [0.25, 0.3) is 0 Å². The predicted octanol–water partition coefficient (Wildman–Crippen LogP) is 24.4. The van der Waals surface area contributed by atoms with Crippen molar-refractivity contribution in [1.82, 2.24) is 0 Å². The first-order valence-corrected chi connectivity index (χ1v) is 44.4. The van der Waals surface area contributed by atoms with Crippen molar-refractivity contribution in [2.24, 2.45) is 0 Å². The Morgan fingerprint density at radius 2 is 0.491 bits per heavy atom. The van der Waals surface area contributed by atoms with Crippen molar-refractivity contribution >= 4 is 39.5 Å². The van der Waals surface area contributed by atoms with Gasteiger partial charge in [0.15, 0.2) is 12.2 Å². The second-order valence-electron chi connectivity index (χ2n) is 27.3. The number of allylic oxidation sites excluding steroid dienone is 22. The van der Waals surface area contributed by atoms with E-state index in [0.717, 1.165) is 167 Å². The number of phosphoric ester groups is 2. The van der Waals surface area contributed by atoms with Crippen LogP contribution in [0.4, 0.5) is 0 Å². The SMILES string of the molecule is CC/C=C\C/C=C\C/C=C\C/C=C\C/C=C\CCCCCC(=O)OC[C@H](COP(=O)(O)OC[C@@H](O)COP(=O)(O)OC[C@@H](COC(=O)CCCCCCC/C=C\CCCCCC)OC(=O)CCCCC/C=C\C/C=C\C/C=C\C/C=C\C/C=C\CC)OC(=O)CCCCCCCCCCCCCCCCC. The molecule has 0 amide bonds. The van der Waals surface area contributed by atoms with Crippen LogP contribution in [0.1, 0.15) is 336 Å². The number of aliphatic hydroxyl groups excluding tert-OH is 1. The molecule has 0 spiro atoms. The van der Waals surface area contributed by atoms with Crippen LogP contribution in [0.5, 0.6) is 0 Å². The third kappa shape index (κ3) is 77.4. The second-order valence-corrected chi connectivity index (χ2v) is 30.2. The normalized spacial score (nSPS) is 14.5. The number of hydrogen-bond donors (Lipinski definition) is 3. The Hall–Kier alpha value is -4.80. The van der Waals surface area contributed by atoms with Gasteiger partial charge in [0.05, 0.1) is 26.4 Å². The molecule has 0 saturated heterocycles. The molecule has 608 valence electrons. The smallest absolute Gasteiger partial charge is 0.462 e. The summed E-state index contributed by atoms with van der Waals surface area (Å²) in [5.74, 6) is -2.25. The quantitative estimate of drug-likeness (QED) is 0.0169. The van der Waals surface area contributed by atoms with Crippen LogP contribution < -0.4 is 0 Å². The zero-order valence-corrected chi connectivity index (χ0v) is 68.4. The van der Waals surface area contributed by atoms with Crippen molar-refractivity contribution in [2.75, 3.05) is 39.6 Å². The fourth-order valence-corrected chi connectivity index (χ4v) is 12.4. The molecule has 106 heavy (non-hydrogen) atoms. The summed E-state index contributed by atoms with van der Waals surface area (Å²) in [4.78, 5) is 73.1. The van der Waals surface area contributed by atoms with Crippen LogP contribution in [0.2, 0.25) is 0 Å². The number of carbonyl (C=O) groups excluding carboxylic acids is 4. The summed E-state index contributed by atoms with van der Waals surface area (Å²) in [6.45, 7) is 4.58. The van der Waals surface area contributed by atoms with E-state index in [9.17, 15) is 43.2 Å². The standard InChI is InChI=1S/C87H148O17P2/c1-5-9-13-17-21-25-29-33-36-38-40-42-45-48-52-56-60-64-68-72-85(90)98-78-83(103-86(91)73-69-65-61-57-53-49-44-35-31-27-23-19-15-11-7-3)80-102-106(95,96)100-76-81(88)75-99-105(93,94)101-79-82(77-97-84(89)71-67-63-59-55-51-47-32-28-24-20-16-12-8-4)104-87(92)74-70-66-62-58-54-50-46-43-41-39-37-34-30-26-22-18-14-10-6-2/h9-10,13-14,21-22,25-26,28,32-34,36-37,40-43,48,50,52,54,81-83,88H,5-8,11-12,15-20,23-24,27,29-31,35,38-39,44-47,49,51,53,55-80H2,1-4H3,(H,93,94)(H,95,96)/b13-9-,14-10-,25-21-,26-22-,32-28-,36-33-,37-34-,42-40-,43-41-,52-48-,54-50-/t81-,82+,83+/m0/s1. The number of unbranched alkanes of at least 4 members (excludes halogenated alkanes) is 29. The lowest BCUT2D eigenvalue weighted by atomic mass is 10.0. The Balaban J connectivity index is 5.42. The second kappa shape index (κ2) is 78.3. The summed E-state index contributed by atoms with van der Waals surface area (Å²) in [5, 5.41) is 10.7. The average Bonchev–Trinajstić information content (AvgIpc) is 0.902. The molecule has 0 aromatic carbocycles. The van der Waals surface area contributed by atoms with Gasteiger partial charge in [-0.1, -0.05) is 303 Å². The molecule has 0 fully saturated rings. The predicted molar refractivity (Wildman–Crippen MR) is 436 cm³/mol. The third-order valence-electron chi connectivity index (χ3n) is 17.1. The van der Waals surface area contributed by atoms with Crippen LogP contribution in [-0.2, 0) is 65.4 Å². The average molecular weight is 1530 g/mol. The summed E-state index contributed by atoms with van der Waals surface area (Å²) in [7, 11) is -9.98. The highest BCUT2D eigenvalue weighted by Gasteiger charge is 2.30. The lowest BCUT2D eigenvalue weighted by molar-refractivity contribution is -0.161. The molecule has 0 aromatic rings. The highest BCUT2D eigenvalue weighted by molar-refractivity contribution is 7.47. The maximum Gasteiger partial charge on any atom is 0.472 e. The molecule has 0 aromatic heterocycles. The molecule has 0 aliphatic rings. The number of phosphoric acid groups is 2. The molecule has 0 rings (SSSR count). The molecule has 2 unspecified atom stereocenters. The molecule has 5 atom stereocenters. The fourth-order valence-electron chi connectivity index (χ4n) is 10.9. The maximum absolute atomic E-state index is 13.1. The van der Waals surface area contributed by atoms with Gasteiger partial charge in [-0.25, -0.2) is 9.13 Å². The number of carbonyl (C=O) groups is 4. The zero-order valence-electron chi connectivity index (χ0n) is 66.6. The molecule has 3 N–H and O–H groups in total. The lowest BCUT2D eigenvalue weighted by Crippen LogP contribution is -2.30. The molecule has 0 heterocycles. The molecule has 17 nitrogen and oxygen atoms in total. The lowest BCUT2D eigenvalue weighted by Gasteiger charge is -2.21. The summed E-state index contributed by atoms with van der Waals surface area (Å²) in [6, 6.07) is 0. The van der Waals surface area contributed by atoms with Gasteiger partial charge in [-0.3, -0.25) is 37.3 Å². The zero-order chi connectivity index (χ0) is 77.4. The van der Waals surface area contributed by atoms with Crippen molar-refractivity contribution in [3.8, 4) is 0 Å². The molecule has 0 bridgehead atoms. The Morgan fingerprint density at radius 3 is 0.783 bits per heavy atom. The highest BCUT2D eigenvalue weighted by atomic mass is 31.2. The number of ether oxygens (including phenoxy) is 4. The Kier molecular flexibility index (Phi) is 74.8. The Morgan fingerprint density at radius 1 is 0.274 bits per heavy atom. The van der Waals surface area contributed by atoms with Crippen molar-refractivity contribution in [2.45, 2.75) is 354 Å². The number of aliphatic hydroxyl groups is 1. The Bertz CT molecular complexity index is 2530. The summed E-state index contributed by atoms with van der Waals surface area (Å²) in [5.41, 5.74) is 0. The summed E-state index contributed by atoms with van der Waals surface area (Å²) in [6.07, 6.45) is 88.5. The monoisotopic (exact) mass is 1530 g/mol. The van der Waals surface area contributed by atoms with Crippen molar-refractivity contribution in [3.63, 3.8) is 0 Å². The van der Waals surface area contributed by atoms with E-state index in [1.807, 2.05) is 0 Å². The van der Waals surface area contributed by atoms with Gasteiger partial charge in [0.1, 0.15) is 19.3 Å². The van der Waals surface area contributed by atoms with Gasteiger partial charge in [0, 0.05) is 25.7 Å². The topological polar surface area (TPSA) is 237 Å². The highest BCUT2D eigenvalue weighted by Crippen LogP contribution is 2.45. The molecule has 0 saturated carbocycles. The van der Waals surface area contributed by atoms with Crippen LogP contribution in [-0.4, -0.2) is 96.7 Å². The van der Waals surface area contributed by atoms with Gasteiger partial charge in [0.25, 0.3) is 0 Å². The van der Waals surface area contributed by atoms with Crippen LogP contribution >= 0.6 is 15.6 Å². The molecular formula is C87H148O17P2. The van der Waals surface area contributed by atoms with Gasteiger partial charge in [-0.2, -0.15) is 0 Å². The molecule has 19 heteroatoms. The largest absolute Gasteiger partial charge is 0.472 e. The fraction of sp³-hybridized carbons (Fsp3) is 0.701. The van der Waals surface area contributed by atoms with E-state index < -0.39 is 97.5 Å². The van der Waals surface area contributed by atoms with E-state index in [1.54, 1.807) is 0 Å². The van der Waals surface area contributed by atoms with Gasteiger partial charge >= 0.3 is 39.5 Å². The van der Waals surface area contributed by atoms with E-state index >= 15 is 0 Å². The van der Waals surface area contributed by atoms with Gasteiger partial charge in [-0.05, 0) is 141 Å². The van der Waals surface area contributed by atoms with E-state index in [4.69, 9.17) is 37.0 Å². The summed E-state index contributed by atoms with van der Waals surface area (Å²) < 4.78 is 68.7. The van der Waals surface area contributed by atoms with Gasteiger partial charge in [0.2, 0.25) is 0 Å². The third-order valence-corrected chi connectivity index (χ3v) is 19.0. The first-order valence-electron chi connectivity index (χ1n) is 41.4. The molecular weight excluding hydrogens is 1380 g/mol. The van der Waals surface area contributed by atoms with E-state index in [0.29, 0.717) is 25.7 Å². The van der Waals surface area contributed by atoms with Crippen molar-refractivity contribution in [1.29, 1.82) is 0 Å². The maximum atomic E-state index is 13.1. The number of rotatable bonds is 77. The number of hydrogen-bond acceptors (Lipinski definition) is 15. The van der Waals surface area contributed by atoms with E-state index in [-0.39, 0.29) is 25.7 Å². The van der Waals surface area contributed by atoms with E-state index in [1.165, 1.54) is 89.9 Å². The molecule has 0 aliphatic heterocycles. The molecule has 0 radical (unpaired) electrons. The minimum atomic E-state index is -4.99. The number of esters is 4. The first kappa shape index (κ1) is 101. The van der Waals surface area contributed by atoms with Gasteiger partial charge < -0.3 is 33.8 Å². The summed E-state index contributed by atoms with van der Waals surface area (Å²) >= 11 is 0. The van der Waals surface area contributed by atoms with Crippen LogP contribution in [0.15, 0.2) is 134 Å². The minimum Gasteiger partial charge on any atom is -0.462 e. The van der Waals surface area contributed by atoms with Crippen LogP contribution in [0.3, 0.4) is 0 Å². The van der Waals surface area contributed by atoms with Gasteiger partial charge in [-0.15, -0.1) is 0 Å². The van der Waals surface area contributed by atoms with E-state index in [2.05, 4.69) is 161 Å². The van der Waals surface area contributed by atoms with Crippen molar-refractivity contribution < 1.29 is 80.2 Å². The Labute approximate surface area is 644 Å². The van der Waals surface area contributed by atoms with Crippen molar-refractivity contribution in [3.05, 3.63) is 134 Å². The molecule has 0 aliphatic carbocycles. The first-order chi connectivity index (χ1) is 51.7. The minimum absolute atomic E-state index is 0.0515. The van der Waals surface area contributed by atoms with Crippen LogP contribution in [0, 0.1) is 0 Å².